The van der Waals surface area contributed by atoms with Crippen LogP contribution in [0.4, 0.5) is 4.79 Å². The lowest BCUT2D eigenvalue weighted by Gasteiger charge is -2.35. The van der Waals surface area contributed by atoms with Crippen LogP contribution in [0.1, 0.15) is 80.1 Å². The highest BCUT2D eigenvalue weighted by Gasteiger charge is 2.27. The molecule has 0 bridgehead atoms. The number of piperidine rings is 1. The number of aliphatic imine (C=N–C) groups is 1. The lowest BCUT2D eigenvalue weighted by molar-refractivity contribution is -0.136. The molecule has 1 unspecified atom stereocenters. The van der Waals surface area contributed by atoms with E-state index in [9.17, 15) is 9.59 Å². The highest BCUT2D eigenvalue weighted by atomic mass is 16.6. The van der Waals surface area contributed by atoms with Crippen molar-refractivity contribution < 1.29 is 14.3 Å². The van der Waals surface area contributed by atoms with E-state index in [1.807, 2.05) is 25.7 Å². The summed E-state index contributed by atoms with van der Waals surface area (Å²) in [5.41, 5.74) is -0.517. The van der Waals surface area contributed by atoms with Crippen molar-refractivity contribution in [1.29, 1.82) is 0 Å². The number of likely N-dealkylation sites (tertiary alicyclic amines) is 1. The summed E-state index contributed by atoms with van der Waals surface area (Å²) in [6, 6.07) is 0.235. The summed E-state index contributed by atoms with van der Waals surface area (Å²) in [7, 11) is 1.75. The maximum atomic E-state index is 12.6. The van der Waals surface area contributed by atoms with E-state index < -0.39 is 11.7 Å². The van der Waals surface area contributed by atoms with Gasteiger partial charge in [-0.05, 0) is 52.9 Å². The quantitative estimate of drug-likeness (QED) is 0.379. The standard InChI is InChI=1S/C23H45N5O3/c1-8-11-19(27-22(30)31-23(4,5)6)16-25-21(24-7)26-18-12-14-28(15-13-18)20(29)17(9-2)10-3/h17-19H,8-16H2,1-7H3,(H,27,30)(H2,24,25,26). The van der Waals surface area contributed by atoms with Crippen molar-refractivity contribution in [2.45, 2.75) is 97.8 Å². The van der Waals surface area contributed by atoms with Gasteiger partial charge in [0.1, 0.15) is 5.60 Å². The molecule has 1 atom stereocenters. The fourth-order valence-corrected chi connectivity index (χ4v) is 3.80. The summed E-state index contributed by atoms with van der Waals surface area (Å²) in [6.07, 6.45) is 5.02. The number of rotatable bonds is 9. The minimum absolute atomic E-state index is 0.0436. The monoisotopic (exact) mass is 439 g/mol. The zero-order chi connectivity index (χ0) is 23.4. The molecule has 0 radical (unpaired) electrons. The Morgan fingerprint density at radius 1 is 1.13 bits per heavy atom. The van der Waals surface area contributed by atoms with Crippen molar-refractivity contribution in [1.82, 2.24) is 20.9 Å². The van der Waals surface area contributed by atoms with Gasteiger partial charge in [-0.1, -0.05) is 27.2 Å². The molecule has 0 aromatic heterocycles. The Hall–Kier alpha value is -1.99. The Balaban J connectivity index is 2.49. The number of amides is 2. The van der Waals surface area contributed by atoms with Gasteiger partial charge in [-0.25, -0.2) is 4.79 Å². The number of guanidine groups is 1. The molecule has 0 spiro atoms. The van der Waals surface area contributed by atoms with E-state index >= 15 is 0 Å². The number of hydrogen-bond acceptors (Lipinski definition) is 4. The third kappa shape index (κ3) is 10.2. The van der Waals surface area contributed by atoms with Crippen LogP contribution in [0.2, 0.25) is 0 Å². The number of nitrogens with zero attached hydrogens (tertiary/aromatic N) is 2. The lowest BCUT2D eigenvalue weighted by atomic mass is 9.98. The molecule has 0 aliphatic carbocycles. The molecular formula is C23H45N5O3. The van der Waals surface area contributed by atoms with E-state index in [1.165, 1.54) is 0 Å². The molecule has 0 aromatic carbocycles. The Bertz CT molecular complexity index is 576. The van der Waals surface area contributed by atoms with Crippen LogP contribution in [0.3, 0.4) is 0 Å². The third-order valence-electron chi connectivity index (χ3n) is 5.58. The van der Waals surface area contributed by atoms with Crippen LogP contribution in [0.15, 0.2) is 4.99 Å². The van der Waals surface area contributed by atoms with Crippen LogP contribution >= 0.6 is 0 Å². The third-order valence-corrected chi connectivity index (χ3v) is 5.58. The summed E-state index contributed by atoms with van der Waals surface area (Å²) in [5, 5.41) is 9.74. The largest absolute Gasteiger partial charge is 0.444 e. The van der Waals surface area contributed by atoms with Gasteiger partial charge >= 0.3 is 6.09 Å². The second-order valence-electron chi connectivity index (χ2n) is 9.34. The van der Waals surface area contributed by atoms with Gasteiger partial charge in [0.15, 0.2) is 5.96 Å². The maximum Gasteiger partial charge on any atom is 0.407 e. The van der Waals surface area contributed by atoms with Gasteiger partial charge in [-0.2, -0.15) is 0 Å². The molecule has 1 rings (SSSR count). The van der Waals surface area contributed by atoms with Gasteiger partial charge in [-0.3, -0.25) is 9.79 Å². The van der Waals surface area contributed by atoms with Gasteiger partial charge in [-0.15, -0.1) is 0 Å². The Kier molecular flexibility index (Phi) is 11.7. The minimum Gasteiger partial charge on any atom is -0.444 e. The van der Waals surface area contributed by atoms with Crippen molar-refractivity contribution in [2.75, 3.05) is 26.7 Å². The van der Waals surface area contributed by atoms with E-state index in [1.54, 1.807) is 7.05 Å². The van der Waals surface area contributed by atoms with Crippen molar-refractivity contribution in [2.24, 2.45) is 10.9 Å². The van der Waals surface area contributed by atoms with Crippen molar-refractivity contribution >= 4 is 18.0 Å². The molecule has 1 saturated heterocycles. The van der Waals surface area contributed by atoms with Gasteiger partial charge in [0.05, 0.1) is 0 Å². The van der Waals surface area contributed by atoms with Crippen LogP contribution in [0, 0.1) is 5.92 Å². The molecular weight excluding hydrogens is 394 g/mol. The average molecular weight is 440 g/mol. The van der Waals surface area contributed by atoms with E-state index in [2.05, 4.69) is 41.7 Å². The SMILES string of the molecule is CCCC(CNC(=NC)NC1CCN(C(=O)C(CC)CC)CC1)NC(=O)OC(C)(C)C. The summed E-state index contributed by atoms with van der Waals surface area (Å²) >= 11 is 0. The summed E-state index contributed by atoms with van der Waals surface area (Å²) in [5.74, 6) is 1.16. The Morgan fingerprint density at radius 2 is 1.74 bits per heavy atom. The van der Waals surface area contributed by atoms with E-state index in [0.29, 0.717) is 12.5 Å². The van der Waals surface area contributed by atoms with Crippen LogP contribution in [-0.4, -0.2) is 67.2 Å². The van der Waals surface area contributed by atoms with Crippen molar-refractivity contribution in [3.05, 3.63) is 0 Å². The Labute approximate surface area is 189 Å². The summed E-state index contributed by atoms with van der Waals surface area (Å²) in [6.45, 7) is 14.0. The average Bonchev–Trinajstić information content (AvgIpc) is 2.71. The maximum absolute atomic E-state index is 12.6. The number of carbonyl (C=O) groups excluding carboxylic acids is 2. The lowest BCUT2D eigenvalue weighted by Crippen LogP contribution is -2.52. The van der Waals surface area contributed by atoms with Gasteiger partial charge in [0, 0.05) is 44.7 Å². The number of hydrogen-bond donors (Lipinski definition) is 3. The van der Waals surface area contributed by atoms with Crippen molar-refractivity contribution in [3.63, 3.8) is 0 Å². The van der Waals surface area contributed by atoms with Crippen LogP contribution < -0.4 is 16.0 Å². The summed E-state index contributed by atoms with van der Waals surface area (Å²) < 4.78 is 5.38. The molecule has 3 N–H and O–H groups in total. The first-order valence-electron chi connectivity index (χ1n) is 11.9. The second-order valence-corrected chi connectivity index (χ2v) is 9.34. The molecule has 1 fully saturated rings. The van der Waals surface area contributed by atoms with Crippen LogP contribution in [-0.2, 0) is 9.53 Å². The molecule has 1 aliphatic heterocycles. The molecule has 0 saturated carbocycles. The minimum atomic E-state index is -0.517. The molecule has 2 amide bonds. The number of nitrogens with one attached hydrogen (secondary N) is 3. The molecule has 8 nitrogen and oxygen atoms in total. The molecule has 180 valence electrons. The highest BCUT2D eigenvalue weighted by Crippen LogP contribution is 2.17. The van der Waals surface area contributed by atoms with Crippen LogP contribution in [0.5, 0.6) is 0 Å². The first-order chi connectivity index (χ1) is 14.6. The predicted molar refractivity (Wildman–Crippen MR) is 126 cm³/mol. The fourth-order valence-electron chi connectivity index (χ4n) is 3.80. The van der Waals surface area contributed by atoms with Gasteiger partial charge < -0.3 is 25.6 Å². The van der Waals surface area contributed by atoms with E-state index in [0.717, 1.165) is 57.6 Å². The first kappa shape index (κ1) is 27.0. The topological polar surface area (TPSA) is 95.1 Å². The molecule has 1 heterocycles. The normalized spacial score (nSPS) is 16.8. The highest BCUT2D eigenvalue weighted by molar-refractivity contribution is 5.80. The van der Waals surface area contributed by atoms with Crippen molar-refractivity contribution in [3.8, 4) is 0 Å². The second kappa shape index (κ2) is 13.4. The summed E-state index contributed by atoms with van der Waals surface area (Å²) in [4.78, 5) is 31.0. The number of carbonyl (C=O) groups is 2. The molecule has 8 heteroatoms. The van der Waals surface area contributed by atoms with Gasteiger partial charge in [0.25, 0.3) is 0 Å². The number of alkyl carbamates (subject to hydrolysis) is 1. The zero-order valence-electron chi connectivity index (χ0n) is 20.7. The zero-order valence-corrected chi connectivity index (χ0v) is 20.7. The molecule has 0 aromatic rings. The predicted octanol–water partition coefficient (Wildman–Crippen LogP) is 3.27. The van der Waals surface area contributed by atoms with Gasteiger partial charge in [0.2, 0.25) is 5.91 Å². The molecule has 31 heavy (non-hydrogen) atoms. The van der Waals surface area contributed by atoms with Crippen LogP contribution in [0.25, 0.3) is 0 Å². The first-order valence-corrected chi connectivity index (χ1v) is 11.9. The van der Waals surface area contributed by atoms with E-state index in [-0.39, 0.29) is 18.0 Å². The fraction of sp³-hybridized carbons (Fsp3) is 0.870. The Morgan fingerprint density at radius 3 is 2.23 bits per heavy atom. The van der Waals surface area contributed by atoms with E-state index in [4.69, 9.17) is 4.74 Å². The smallest absolute Gasteiger partial charge is 0.407 e. The molecule has 1 aliphatic rings. The number of ether oxygens (including phenoxy) is 1.